The molecule has 18 heavy (non-hydrogen) atoms. The molecule has 1 aromatic carbocycles. The van der Waals surface area contributed by atoms with Gasteiger partial charge in [-0.2, -0.15) is 5.10 Å². The lowest BCUT2D eigenvalue weighted by molar-refractivity contribution is -0.523. The summed E-state index contributed by atoms with van der Waals surface area (Å²) in [5.41, 5.74) is 1.97. The molecule has 0 aliphatic rings. The number of benzene rings is 1. The summed E-state index contributed by atoms with van der Waals surface area (Å²) >= 11 is 0. The van der Waals surface area contributed by atoms with E-state index >= 15 is 0 Å². The summed E-state index contributed by atoms with van der Waals surface area (Å²) in [6, 6.07) is 8.36. The largest absolute Gasteiger partial charge is 0.264 e. The van der Waals surface area contributed by atoms with E-state index < -0.39 is 6.04 Å². The van der Waals surface area contributed by atoms with Crippen molar-refractivity contribution in [2.24, 2.45) is 0 Å². The maximum Gasteiger partial charge on any atom is 0.236 e. The van der Waals surface area contributed by atoms with E-state index in [1.165, 1.54) is 0 Å². The molecule has 0 fully saturated rings. The Balaban J connectivity index is 2.50. The second-order valence-electron chi connectivity index (χ2n) is 4.31. The fraction of sp³-hybridized carbons (Fsp3) is 0.308. The zero-order valence-electron chi connectivity index (χ0n) is 10.4. The van der Waals surface area contributed by atoms with Crippen LogP contribution < -0.4 is 0 Å². The second kappa shape index (κ2) is 5.00. The van der Waals surface area contributed by atoms with E-state index in [-0.39, 0.29) is 11.0 Å². The SMILES string of the molecule is Cc1ccccc1C(C(C)[N+](=O)[O-])n1cccn1. The average molecular weight is 245 g/mol. The molecule has 2 unspecified atom stereocenters. The highest BCUT2D eigenvalue weighted by Crippen LogP contribution is 2.25. The first-order chi connectivity index (χ1) is 8.61. The van der Waals surface area contributed by atoms with Gasteiger partial charge in [-0.05, 0) is 24.1 Å². The van der Waals surface area contributed by atoms with Gasteiger partial charge in [0.15, 0.2) is 0 Å². The molecule has 0 aliphatic heterocycles. The molecule has 1 aromatic heterocycles. The predicted octanol–water partition coefficient (Wildman–Crippen LogP) is 2.45. The molecule has 2 aromatic rings. The zero-order valence-corrected chi connectivity index (χ0v) is 10.4. The molecule has 0 bridgehead atoms. The monoisotopic (exact) mass is 245 g/mol. The van der Waals surface area contributed by atoms with Crippen molar-refractivity contribution >= 4 is 0 Å². The third-order valence-electron chi connectivity index (χ3n) is 3.11. The number of rotatable bonds is 4. The number of nitro groups is 1. The van der Waals surface area contributed by atoms with Crippen LogP contribution in [-0.4, -0.2) is 20.7 Å². The van der Waals surface area contributed by atoms with E-state index in [4.69, 9.17) is 0 Å². The molecule has 1 heterocycles. The van der Waals surface area contributed by atoms with Gasteiger partial charge in [0.1, 0.15) is 6.04 Å². The lowest BCUT2D eigenvalue weighted by Crippen LogP contribution is -2.30. The highest BCUT2D eigenvalue weighted by atomic mass is 16.6. The Bertz CT molecular complexity index is 537. The molecule has 5 heteroatoms. The highest BCUT2D eigenvalue weighted by Gasteiger charge is 2.31. The van der Waals surface area contributed by atoms with Crippen molar-refractivity contribution in [3.63, 3.8) is 0 Å². The van der Waals surface area contributed by atoms with Crippen LogP contribution in [0.15, 0.2) is 42.7 Å². The first-order valence-corrected chi connectivity index (χ1v) is 5.79. The highest BCUT2D eigenvalue weighted by molar-refractivity contribution is 5.29. The Labute approximate surface area is 105 Å². The van der Waals surface area contributed by atoms with Crippen molar-refractivity contribution < 1.29 is 4.92 Å². The van der Waals surface area contributed by atoms with E-state index in [1.807, 2.05) is 31.2 Å². The summed E-state index contributed by atoms with van der Waals surface area (Å²) in [6.07, 6.45) is 3.40. The van der Waals surface area contributed by atoms with Crippen LogP contribution >= 0.6 is 0 Å². The summed E-state index contributed by atoms with van der Waals surface area (Å²) in [5.74, 6) is 0. The van der Waals surface area contributed by atoms with Gasteiger partial charge in [0, 0.05) is 24.2 Å². The van der Waals surface area contributed by atoms with Crippen molar-refractivity contribution in [2.45, 2.75) is 25.9 Å². The Hall–Kier alpha value is -2.17. The Morgan fingerprint density at radius 2 is 2.06 bits per heavy atom. The molecule has 0 spiro atoms. The fourth-order valence-corrected chi connectivity index (χ4v) is 2.10. The Kier molecular flexibility index (Phi) is 3.41. The number of hydrogen-bond acceptors (Lipinski definition) is 3. The van der Waals surface area contributed by atoms with Crippen LogP contribution in [0.25, 0.3) is 0 Å². The quantitative estimate of drug-likeness (QED) is 0.614. The molecule has 0 saturated carbocycles. The lowest BCUT2D eigenvalue weighted by atomic mass is 9.96. The molecule has 2 atom stereocenters. The van der Waals surface area contributed by atoms with Gasteiger partial charge in [-0.25, -0.2) is 0 Å². The van der Waals surface area contributed by atoms with Crippen LogP contribution in [0.2, 0.25) is 0 Å². The van der Waals surface area contributed by atoms with Crippen LogP contribution in [-0.2, 0) is 0 Å². The second-order valence-corrected chi connectivity index (χ2v) is 4.31. The molecule has 0 radical (unpaired) electrons. The van der Waals surface area contributed by atoms with Crippen LogP contribution in [0.4, 0.5) is 0 Å². The van der Waals surface area contributed by atoms with Gasteiger partial charge in [0.05, 0.1) is 0 Å². The van der Waals surface area contributed by atoms with E-state index in [0.29, 0.717) is 0 Å². The molecular weight excluding hydrogens is 230 g/mol. The lowest BCUT2D eigenvalue weighted by Gasteiger charge is -2.21. The number of hydrogen-bond donors (Lipinski definition) is 0. The van der Waals surface area contributed by atoms with Gasteiger partial charge in [-0.1, -0.05) is 24.3 Å². The Morgan fingerprint density at radius 3 is 2.61 bits per heavy atom. The predicted molar refractivity (Wildman–Crippen MR) is 68.0 cm³/mol. The van der Waals surface area contributed by atoms with Crippen LogP contribution in [0.3, 0.4) is 0 Å². The number of nitrogens with zero attached hydrogens (tertiary/aromatic N) is 3. The maximum atomic E-state index is 11.1. The standard InChI is InChI=1S/C13H15N3O2/c1-10-6-3-4-7-12(10)13(11(2)16(17)18)15-9-5-8-14-15/h3-9,11,13H,1-2H3. The van der Waals surface area contributed by atoms with Gasteiger partial charge < -0.3 is 0 Å². The summed E-state index contributed by atoms with van der Waals surface area (Å²) in [7, 11) is 0. The van der Waals surface area contributed by atoms with E-state index in [1.54, 1.807) is 30.1 Å². The molecule has 5 nitrogen and oxygen atoms in total. The smallest absolute Gasteiger partial charge is 0.236 e. The van der Waals surface area contributed by atoms with E-state index in [9.17, 15) is 10.1 Å². The minimum Gasteiger partial charge on any atom is -0.264 e. The van der Waals surface area contributed by atoms with Gasteiger partial charge >= 0.3 is 0 Å². The number of aromatic nitrogens is 2. The molecule has 0 saturated heterocycles. The van der Waals surface area contributed by atoms with Gasteiger partial charge in [-0.3, -0.25) is 14.8 Å². The normalized spacial score (nSPS) is 14.1. The fourth-order valence-electron chi connectivity index (χ4n) is 2.10. The summed E-state index contributed by atoms with van der Waals surface area (Å²) < 4.78 is 1.65. The minimum absolute atomic E-state index is 0.265. The minimum atomic E-state index is -0.731. The first-order valence-electron chi connectivity index (χ1n) is 5.79. The number of aryl methyl sites for hydroxylation is 1. The van der Waals surface area contributed by atoms with Crippen LogP contribution in [0.1, 0.15) is 24.1 Å². The van der Waals surface area contributed by atoms with Gasteiger partial charge in [-0.15, -0.1) is 0 Å². The van der Waals surface area contributed by atoms with E-state index in [0.717, 1.165) is 11.1 Å². The van der Waals surface area contributed by atoms with Crippen molar-refractivity contribution in [1.82, 2.24) is 9.78 Å². The Morgan fingerprint density at radius 1 is 1.33 bits per heavy atom. The zero-order chi connectivity index (χ0) is 13.1. The van der Waals surface area contributed by atoms with Crippen molar-refractivity contribution in [1.29, 1.82) is 0 Å². The first kappa shape index (κ1) is 12.3. The van der Waals surface area contributed by atoms with Gasteiger partial charge in [0.2, 0.25) is 6.04 Å². The molecule has 0 amide bonds. The maximum absolute atomic E-state index is 11.1. The molecule has 0 aliphatic carbocycles. The molecule has 94 valence electrons. The molecule has 2 rings (SSSR count). The topological polar surface area (TPSA) is 61.0 Å². The summed E-state index contributed by atoms with van der Waals surface area (Å²) in [6.45, 7) is 3.57. The molecule has 0 N–H and O–H groups in total. The van der Waals surface area contributed by atoms with Crippen LogP contribution in [0, 0.1) is 17.0 Å². The van der Waals surface area contributed by atoms with Crippen molar-refractivity contribution in [3.8, 4) is 0 Å². The van der Waals surface area contributed by atoms with Gasteiger partial charge in [0.25, 0.3) is 0 Å². The average Bonchev–Trinajstić information content (AvgIpc) is 2.85. The van der Waals surface area contributed by atoms with Crippen LogP contribution in [0.5, 0.6) is 0 Å². The van der Waals surface area contributed by atoms with E-state index in [2.05, 4.69) is 5.10 Å². The summed E-state index contributed by atoms with van der Waals surface area (Å²) in [5, 5.41) is 15.2. The van der Waals surface area contributed by atoms with Crippen molar-refractivity contribution in [2.75, 3.05) is 0 Å². The third-order valence-corrected chi connectivity index (χ3v) is 3.11. The van der Waals surface area contributed by atoms with Crippen molar-refractivity contribution in [3.05, 3.63) is 64.0 Å². The summed E-state index contributed by atoms with van der Waals surface area (Å²) in [4.78, 5) is 10.8. The third kappa shape index (κ3) is 2.25. The molecular formula is C13H15N3O2.